The van der Waals surface area contributed by atoms with Crippen molar-refractivity contribution in [1.29, 1.82) is 0 Å². The van der Waals surface area contributed by atoms with Crippen molar-refractivity contribution in [3.8, 4) is 5.75 Å². The summed E-state index contributed by atoms with van der Waals surface area (Å²) in [6.07, 6.45) is -8.94. The van der Waals surface area contributed by atoms with E-state index in [0.29, 0.717) is 6.07 Å². The van der Waals surface area contributed by atoms with Crippen LogP contribution in [0.25, 0.3) is 0 Å². The molecule has 0 N–H and O–H groups in total. The smallest absolute Gasteiger partial charge is 0.469 e. The van der Waals surface area contributed by atoms with Crippen LogP contribution in [0.1, 0.15) is 23.4 Å². The Kier molecular flexibility index (Phi) is 5.70. The predicted octanol–water partition coefficient (Wildman–Crippen LogP) is 3.37. The number of aromatic nitrogens is 1. The highest BCUT2D eigenvalue weighted by molar-refractivity contribution is 6.17. The number of carbonyl (C=O) groups excluding carboxylic acids is 1. The fourth-order valence-corrected chi connectivity index (χ4v) is 1.70. The van der Waals surface area contributed by atoms with E-state index in [1.165, 1.54) is 0 Å². The molecule has 0 unspecified atom stereocenters. The van der Waals surface area contributed by atoms with Crippen LogP contribution in [0.15, 0.2) is 6.07 Å². The highest BCUT2D eigenvalue weighted by atomic mass is 35.5. The summed E-state index contributed by atoms with van der Waals surface area (Å²) in [5.74, 6) is -2.50. The molecule has 1 aromatic rings. The van der Waals surface area contributed by atoms with E-state index in [2.05, 4.69) is 14.5 Å². The van der Waals surface area contributed by atoms with Crippen LogP contribution in [0.2, 0.25) is 0 Å². The van der Waals surface area contributed by atoms with E-state index in [1.54, 1.807) is 0 Å². The molecular weight excluding hydrogens is 325 g/mol. The fraction of sp³-hybridized carbons (Fsp3) is 0.455. The summed E-state index contributed by atoms with van der Waals surface area (Å²) in [6, 6.07) is 0.613. The standard InChI is InChI=1S/C11H9ClF5NO3/c1-20-8(19)3-5-2-7(21-11(15,16)17)9(10(13)14)6(4-12)18-5/h2,10H,3-4H2,1H3. The number of alkyl halides is 6. The third-order valence-electron chi connectivity index (χ3n) is 2.28. The number of hydrogen-bond acceptors (Lipinski definition) is 4. The number of carbonyl (C=O) groups is 1. The van der Waals surface area contributed by atoms with Crippen LogP contribution in [0, 0.1) is 0 Å². The van der Waals surface area contributed by atoms with Gasteiger partial charge in [0.25, 0.3) is 6.43 Å². The van der Waals surface area contributed by atoms with Crippen molar-refractivity contribution in [2.24, 2.45) is 0 Å². The molecule has 21 heavy (non-hydrogen) atoms. The molecule has 0 saturated heterocycles. The van der Waals surface area contributed by atoms with Crippen molar-refractivity contribution in [2.75, 3.05) is 7.11 Å². The minimum absolute atomic E-state index is 0.221. The molecule has 0 radical (unpaired) electrons. The molecule has 118 valence electrons. The van der Waals surface area contributed by atoms with Gasteiger partial charge in [-0.2, -0.15) is 0 Å². The molecule has 0 aromatic carbocycles. The summed E-state index contributed by atoms with van der Waals surface area (Å²) >= 11 is 5.41. The first-order valence-corrected chi connectivity index (χ1v) is 5.90. The molecule has 0 aliphatic heterocycles. The van der Waals surface area contributed by atoms with Gasteiger partial charge in [0.15, 0.2) is 0 Å². The molecule has 0 fully saturated rings. The molecular formula is C11H9ClF5NO3. The number of hydrogen-bond donors (Lipinski definition) is 0. The van der Waals surface area contributed by atoms with Gasteiger partial charge in [0, 0.05) is 6.07 Å². The van der Waals surface area contributed by atoms with Crippen LogP contribution >= 0.6 is 11.6 Å². The second kappa shape index (κ2) is 6.88. The minimum Gasteiger partial charge on any atom is -0.469 e. The van der Waals surface area contributed by atoms with Crippen molar-refractivity contribution in [2.45, 2.75) is 25.1 Å². The van der Waals surface area contributed by atoms with Crippen molar-refractivity contribution >= 4 is 17.6 Å². The lowest BCUT2D eigenvalue weighted by Crippen LogP contribution is -2.20. The van der Waals surface area contributed by atoms with E-state index in [-0.39, 0.29) is 5.69 Å². The van der Waals surface area contributed by atoms with Gasteiger partial charge in [-0.05, 0) is 0 Å². The second-order valence-corrected chi connectivity index (χ2v) is 3.97. The van der Waals surface area contributed by atoms with Crippen LogP contribution in [0.4, 0.5) is 22.0 Å². The normalized spacial score (nSPS) is 11.6. The van der Waals surface area contributed by atoms with Gasteiger partial charge < -0.3 is 9.47 Å². The van der Waals surface area contributed by atoms with E-state index in [1.807, 2.05) is 0 Å². The minimum atomic E-state index is -5.17. The Morgan fingerprint density at radius 1 is 1.43 bits per heavy atom. The molecule has 1 aromatic heterocycles. The van der Waals surface area contributed by atoms with E-state index < -0.39 is 48.1 Å². The number of methoxy groups -OCH3 is 1. The topological polar surface area (TPSA) is 48.4 Å². The Morgan fingerprint density at radius 2 is 2.05 bits per heavy atom. The quantitative estimate of drug-likeness (QED) is 0.471. The van der Waals surface area contributed by atoms with E-state index >= 15 is 0 Å². The van der Waals surface area contributed by atoms with Crippen LogP contribution in [0.3, 0.4) is 0 Å². The maximum atomic E-state index is 12.9. The predicted molar refractivity (Wildman–Crippen MR) is 61.2 cm³/mol. The molecule has 0 spiro atoms. The number of esters is 1. The zero-order chi connectivity index (χ0) is 16.2. The van der Waals surface area contributed by atoms with E-state index in [9.17, 15) is 26.7 Å². The molecule has 0 aliphatic carbocycles. The van der Waals surface area contributed by atoms with Gasteiger partial charge >= 0.3 is 12.3 Å². The van der Waals surface area contributed by atoms with Gasteiger partial charge in [0.05, 0.1) is 36.4 Å². The summed E-state index contributed by atoms with van der Waals surface area (Å²) in [7, 11) is 1.06. The van der Waals surface area contributed by atoms with Crippen molar-refractivity contribution < 1.29 is 36.2 Å². The van der Waals surface area contributed by atoms with Crippen LogP contribution < -0.4 is 4.74 Å². The van der Waals surface area contributed by atoms with Gasteiger partial charge in [-0.15, -0.1) is 24.8 Å². The molecule has 10 heteroatoms. The molecule has 0 saturated carbocycles. The highest BCUT2D eigenvalue weighted by Crippen LogP contribution is 2.36. The molecule has 0 amide bonds. The molecule has 1 heterocycles. The second-order valence-electron chi connectivity index (χ2n) is 3.71. The van der Waals surface area contributed by atoms with Gasteiger partial charge in [-0.1, -0.05) is 0 Å². The molecule has 0 atom stereocenters. The average molecular weight is 334 g/mol. The summed E-state index contributed by atoms with van der Waals surface area (Å²) in [4.78, 5) is 14.7. The Hall–Kier alpha value is -1.64. The summed E-state index contributed by atoms with van der Waals surface area (Å²) in [5, 5.41) is 0. The van der Waals surface area contributed by atoms with Crippen molar-refractivity contribution in [3.63, 3.8) is 0 Å². The first kappa shape index (κ1) is 17.4. The third kappa shape index (κ3) is 5.00. The van der Waals surface area contributed by atoms with Gasteiger partial charge in [-0.3, -0.25) is 9.78 Å². The van der Waals surface area contributed by atoms with E-state index in [4.69, 9.17) is 11.6 Å². The van der Waals surface area contributed by atoms with Crippen LogP contribution in [0.5, 0.6) is 5.75 Å². The van der Waals surface area contributed by atoms with E-state index in [0.717, 1.165) is 7.11 Å². The van der Waals surface area contributed by atoms with Crippen molar-refractivity contribution in [3.05, 3.63) is 23.0 Å². The first-order chi connectivity index (χ1) is 9.67. The van der Waals surface area contributed by atoms with Crippen LogP contribution in [-0.4, -0.2) is 24.4 Å². The first-order valence-electron chi connectivity index (χ1n) is 5.37. The van der Waals surface area contributed by atoms with Gasteiger partial charge in [-0.25, -0.2) is 8.78 Å². The number of rotatable bonds is 5. The molecule has 0 bridgehead atoms. The Morgan fingerprint density at radius 3 is 2.48 bits per heavy atom. The Balaban J connectivity index is 3.33. The highest BCUT2D eigenvalue weighted by Gasteiger charge is 2.34. The lowest BCUT2D eigenvalue weighted by atomic mass is 10.1. The lowest BCUT2D eigenvalue weighted by molar-refractivity contribution is -0.275. The van der Waals surface area contributed by atoms with Gasteiger partial charge in [0.1, 0.15) is 5.75 Å². The summed E-state index contributed by atoms with van der Waals surface area (Å²) in [5.41, 5.74) is -1.77. The lowest BCUT2D eigenvalue weighted by Gasteiger charge is -2.16. The average Bonchev–Trinajstić information content (AvgIpc) is 2.35. The zero-order valence-electron chi connectivity index (χ0n) is 10.5. The number of halogens is 6. The third-order valence-corrected chi connectivity index (χ3v) is 2.53. The maximum Gasteiger partial charge on any atom is 0.573 e. The molecule has 0 aliphatic rings. The zero-order valence-corrected chi connectivity index (χ0v) is 11.3. The number of pyridine rings is 1. The fourth-order valence-electron chi connectivity index (χ4n) is 1.49. The molecule has 1 rings (SSSR count). The monoisotopic (exact) mass is 333 g/mol. The van der Waals surface area contributed by atoms with Gasteiger partial charge in [0.2, 0.25) is 0 Å². The summed E-state index contributed by atoms with van der Waals surface area (Å²) in [6.45, 7) is 0. The maximum absolute atomic E-state index is 12.9. The largest absolute Gasteiger partial charge is 0.573 e. The summed E-state index contributed by atoms with van der Waals surface area (Å²) < 4.78 is 70.4. The van der Waals surface area contributed by atoms with Crippen LogP contribution in [-0.2, 0) is 21.8 Å². The number of nitrogens with zero attached hydrogens (tertiary/aromatic N) is 1. The molecule has 4 nitrogen and oxygen atoms in total. The SMILES string of the molecule is COC(=O)Cc1cc(OC(F)(F)F)c(C(F)F)c(CCl)n1. The number of ether oxygens (including phenoxy) is 2. The Labute approximate surface area is 120 Å². The Bertz CT molecular complexity index is 521. The van der Waals surface area contributed by atoms with Crippen molar-refractivity contribution in [1.82, 2.24) is 4.98 Å².